The van der Waals surface area contributed by atoms with Crippen LogP contribution in [0.5, 0.6) is 5.75 Å². The van der Waals surface area contributed by atoms with Crippen LogP contribution in [0.2, 0.25) is 0 Å². The third kappa shape index (κ3) is 5.83. The van der Waals surface area contributed by atoms with Crippen molar-refractivity contribution in [1.29, 1.82) is 0 Å². The second-order valence-electron chi connectivity index (χ2n) is 5.69. The molecule has 1 aromatic carbocycles. The van der Waals surface area contributed by atoms with Crippen LogP contribution in [0.4, 0.5) is 6.01 Å². The van der Waals surface area contributed by atoms with Crippen molar-refractivity contribution in [3.8, 4) is 5.75 Å². The minimum Gasteiger partial charge on any atom is -0.492 e. The Morgan fingerprint density at radius 2 is 1.90 bits per heavy atom. The number of ether oxygens (including phenoxy) is 1. The molecule has 0 bridgehead atoms. The van der Waals surface area contributed by atoms with Gasteiger partial charge < -0.3 is 19.8 Å². The Labute approximate surface area is 124 Å². The van der Waals surface area contributed by atoms with Crippen LogP contribution < -0.4 is 15.4 Å². The van der Waals surface area contributed by atoms with Crippen LogP contribution in [0.15, 0.2) is 34.7 Å². The Morgan fingerprint density at radius 1 is 1.14 bits per heavy atom. The summed E-state index contributed by atoms with van der Waals surface area (Å²) < 4.78 is 11.0. The monoisotopic (exact) mass is 290 g/mol. The molecule has 1 aromatic heterocycles. The summed E-state index contributed by atoms with van der Waals surface area (Å²) in [5.74, 6) is 1.41. The second-order valence-corrected chi connectivity index (χ2v) is 5.69. The summed E-state index contributed by atoms with van der Waals surface area (Å²) in [6, 6.07) is 10.1. The Hall–Kier alpha value is -2.08. The summed E-state index contributed by atoms with van der Waals surface area (Å²) in [5, 5.41) is 14.2. The molecule has 1 heterocycles. The highest BCUT2D eigenvalue weighted by atomic mass is 16.5. The number of para-hydroxylation sites is 1. The standard InChI is InChI=1S/C15H22N4O2/c1-15(2,3)17-11-13-18-19-14(21-13)16-9-10-20-12-7-5-4-6-8-12/h4-8,17H,9-11H2,1-3H3,(H,16,19). The first kappa shape index (κ1) is 15.3. The number of nitrogens with one attached hydrogen (secondary N) is 2. The molecule has 0 atom stereocenters. The van der Waals surface area contributed by atoms with Crippen molar-refractivity contribution in [1.82, 2.24) is 15.5 Å². The first-order valence-electron chi connectivity index (χ1n) is 7.02. The molecule has 0 aliphatic carbocycles. The van der Waals surface area contributed by atoms with Crippen molar-refractivity contribution in [2.75, 3.05) is 18.5 Å². The summed E-state index contributed by atoms with van der Waals surface area (Å²) in [7, 11) is 0. The van der Waals surface area contributed by atoms with Gasteiger partial charge in [-0.3, -0.25) is 0 Å². The van der Waals surface area contributed by atoms with Gasteiger partial charge in [0, 0.05) is 5.54 Å². The van der Waals surface area contributed by atoms with Crippen LogP contribution in [0.3, 0.4) is 0 Å². The largest absolute Gasteiger partial charge is 0.492 e. The number of hydrogen-bond acceptors (Lipinski definition) is 6. The minimum absolute atomic E-state index is 0.0194. The van der Waals surface area contributed by atoms with E-state index in [1.54, 1.807) is 0 Å². The maximum Gasteiger partial charge on any atom is 0.315 e. The predicted octanol–water partition coefficient (Wildman–Crippen LogP) is 2.45. The number of nitrogens with zero attached hydrogens (tertiary/aromatic N) is 2. The first-order chi connectivity index (χ1) is 10.0. The number of aromatic nitrogens is 2. The lowest BCUT2D eigenvalue weighted by molar-refractivity contribution is 0.330. The van der Waals surface area contributed by atoms with E-state index in [2.05, 4.69) is 41.6 Å². The molecule has 0 spiro atoms. The molecule has 21 heavy (non-hydrogen) atoms. The highest BCUT2D eigenvalue weighted by Crippen LogP contribution is 2.09. The van der Waals surface area contributed by atoms with Crippen molar-refractivity contribution >= 4 is 6.01 Å². The van der Waals surface area contributed by atoms with Gasteiger partial charge in [-0.05, 0) is 32.9 Å². The molecule has 0 saturated carbocycles. The predicted molar refractivity (Wildman–Crippen MR) is 81.3 cm³/mol. The zero-order valence-corrected chi connectivity index (χ0v) is 12.7. The van der Waals surface area contributed by atoms with Crippen LogP contribution in [0.1, 0.15) is 26.7 Å². The summed E-state index contributed by atoms with van der Waals surface area (Å²) in [6.45, 7) is 7.94. The van der Waals surface area contributed by atoms with Crippen molar-refractivity contribution in [3.05, 3.63) is 36.2 Å². The number of benzene rings is 1. The van der Waals surface area contributed by atoms with Gasteiger partial charge in [0.25, 0.3) is 0 Å². The molecule has 6 nitrogen and oxygen atoms in total. The van der Waals surface area contributed by atoms with E-state index in [4.69, 9.17) is 9.15 Å². The molecule has 0 aliphatic rings. The smallest absolute Gasteiger partial charge is 0.315 e. The van der Waals surface area contributed by atoms with Gasteiger partial charge in [0.05, 0.1) is 13.1 Å². The average molecular weight is 290 g/mol. The Balaban J connectivity index is 1.68. The van der Waals surface area contributed by atoms with Crippen molar-refractivity contribution in [3.63, 3.8) is 0 Å². The lowest BCUT2D eigenvalue weighted by Crippen LogP contribution is -2.35. The molecule has 0 aliphatic heterocycles. The fraction of sp³-hybridized carbons (Fsp3) is 0.467. The van der Waals surface area contributed by atoms with E-state index >= 15 is 0 Å². The molecule has 0 unspecified atom stereocenters. The number of hydrogen-bond donors (Lipinski definition) is 2. The van der Waals surface area contributed by atoms with Gasteiger partial charge in [-0.15, -0.1) is 5.10 Å². The van der Waals surface area contributed by atoms with Gasteiger partial charge in [0.1, 0.15) is 12.4 Å². The molecule has 0 amide bonds. The molecule has 0 radical (unpaired) electrons. The van der Waals surface area contributed by atoms with E-state index in [9.17, 15) is 0 Å². The molecule has 2 rings (SSSR count). The zero-order valence-electron chi connectivity index (χ0n) is 12.7. The third-order valence-electron chi connectivity index (χ3n) is 2.63. The van der Waals surface area contributed by atoms with Crippen LogP contribution in [0.25, 0.3) is 0 Å². The highest BCUT2D eigenvalue weighted by Gasteiger charge is 2.11. The average Bonchev–Trinajstić information content (AvgIpc) is 2.90. The third-order valence-corrected chi connectivity index (χ3v) is 2.63. The van der Waals surface area contributed by atoms with E-state index in [0.29, 0.717) is 31.6 Å². The highest BCUT2D eigenvalue weighted by molar-refractivity contribution is 5.21. The molecule has 2 N–H and O–H groups in total. The van der Waals surface area contributed by atoms with Crippen molar-refractivity contribution < 1.29 is 9.15 Å². The van der Waals surface area contributed by atoms with E-state index in [0.717, 1.165) is 5.75 Å². The number of anilines is 1. The quantitative estimate of drug-likeness (QED) is 0.763. The van der Waals surface area contributed by atoms with E-state index in [-0.39, 0.29) is 5.54 Å². The van der Waals surface area contributed by atoms with Gasteiger partial charge in [0.2, 0.25) is 5.89 Å². The fourth-order valence-electron chi connectivity index (χ4n) is 1.58. The molecular weight excluding hydrogens is 268 g/mol. The summed E-state index contributed by atoms with van der Waals surface area (Å²) in [6.07, 6.45) is 0. The lowest BCUT2D eigenvalue weighted by Gasteiger charge is -2.18. The summed E-state index contributed by atoms with van der Waals surface area (Å²) in [4.78, 5) is 0. The Kier molecular flexibility index (Phi) is 5.16. The van der Waals surface area contributed by atoms with Crippen LogP contribution >= 0.6 is 0 Å². The maximum atomic E-state index is 5.56. The molecule has 2 aromatic rings. The number of rotatable bonds is 7. The van der Waals surface area contributed by atoms with E-state index in [1.165, 1.54) is 0 Å². The minimum atomic E-state index is 0.0194. The normalized spacial score (nSPS) is 11.4. The molecule has 0 fully saturated rings. The second kappa shape index (κ2) is 7.08. The van der Waals surface area contributed by atoms with E-state index in [1.807, 2.05) is 30.3 Å². The summed E-state index contributed by atoms with van der Waals surface area (Å²) >= 11 is 0. The lowest BCUT2D eigenvalue weighted by atomic mass is 10.1. The van der Waals surface area contributed by atoms with Crippen molar-refractivity contribution in [2.45, 2.75) is 32.9 Å². The van der Waals surface area contributed by atoms with Crippen LogP contribution in [-0.4, -0.2) is 28.9 Å². The molecular formula is C15H22N4O2. The van der Waals surface area contributed by atoms with Gasteiger partial charge in [0.15, 0.2) is 0 Å². The van der Waals surface area contributed by atoms with Crippen LogP contribution in [-0.2, 0) is 6.54 Å². The van der Waals surface area contributed by atoms with E-state index < -0.39 is 0 Å². The zero-order chi connectivity index (χ0) is 15.1. The SMILES string of the molecule is CC(C)(C)NCc1nnc(NCCOc2ccccc2)o1. The maximum absolute atomic E-state index is 5.56. The van der Waals surface area contributed by atoms with Gasteiger partial charge in [-0.25, -0.2) is 0 Å². The molecule has 6 heteroatoms. The first-order valence-corrected chi connectivity index (χ1v) is 7.02. The van der Waals surface area contributed by atoms with Gasteiger partial charge in [-0.1, -0.05) is 23.3 Å². The Morgan fingerprint density at radius 3 is 2.62 bits per heavy atom. The topological polar surface area (TPSA) is 72.2 Å². The van der Waals surface area contributed by atoms with Gasteiger partial charge in [-0.2, -0.15) is 0 Å². The summed E-state index contributed by atoms with van der Waals surface area (Å²) in [5.41, 5.74) is 0.0194. The van der Waals surface area contributed by atoms with Crippen LogP contribution in [0, 0.1) is 0 Å². The molecule has 114 valence electrons. The van der Waals surface area contributed by atoms with Crippen molar-refractivity contribution in [2.24, 2.45) is 0 Å². The Bertz CT molecular complexity index is 534. The van der Waals surface area contributed by atoms with Gasteiger partial charge >= 0.3 is 6.01 Å². The fourth-order valence-corrected chi connectivity index (χ4v) is 1.58. The molecule has 0 saturated heterocycles.